The summed E-state index contributed by atoms with van der Waals surface area (Å²) in [5.74, 6) is 0.584. The summed E-state index contributed by atoms with van der Waals surface area (Å²) < 4.78 is 5.26. The van der Waals surface area contributed by atoms with Crippen LogP contribution in [0.25, 0.3) is 0 Å². The van der Waals surface area contributed by atoms with E-state index >= 15 is 0 Å². The number of anilines is 1. The van der Waals surface area contributed by atoms with Crippen molar-refractivity contribution >= 4 is 11.6 Å². The van der Waals surface area contributed by atoms with E-state index in [4.69, 9.17) is 4.42 Å². The van der Waals surface area contributed by atoms with Gasteiger partial charge in [-0.2, -0.15) is 0 Å². The van der Waals surface area contributed by atoms with E-state index in [0.717, 1.165) is 17.1 Å². The number of nitrogens with zero attached hydrogens (tertiary/aromatic N) is 2. The van der Waals surface area contributed by atoms with Crippen LogP contribution in [0.3, 0.4) is 0 Å². The van der Waals surface area contributed by atoms with E-state index in [-0.39, 0.29) is 5.91 Å². The lowest BCUT2D eigenvalue weighted by Crippen LogP contribution is -2.24. The van der Waals surface area contributed by atoms with E-state index in [2.05, 4.69) is 20.6 Å². The van der Waals surface area contributed by atoms with Crippen LogP contribution in [0.4, 0.5) is 5.69 Å². The maximum absolute atomic E-state index is 12.2. The van der Waals surface area contributed by atoms with Crippen molar-refractivity contribution in [2.24, 2.45) is 0 Å². The van der Waals surface area contributed by atoms with Crippen LogP contribution in [0, 0.1) is 0 Å². The van der Waals surface area contributed by atoms with E-state index in [1.807, 2.05) is 30.3 Å². The van der Waals surface area contributed by atoms with Crippen molar-refractivity contribution < 1.29 is 9.21 Å². The van der Waals surface area contributed by atoms with Crippen LogP contribution in [0.2, 0.25) is 0 Å². The van der Waals surface area contributed by atoms with E-state index < -0.39 is 0 Å². The summed E-state index contributed by atoms with van der Waals surface area (Å²) in [6.45, 7) is 0.914. The van der Waals surface area contributed by atoms with Crippen molar-refractivity contribution in [2.75, 3.05) is 5.32 Å². The third-order valence-electron chi connectivity index (χ3n) is 3.20. The zero-order valence-corrected chi connectivity index (χ0v) is 12.4. The average Bonchev–Trinajstić information content (AvgIpc) is 3.12. The molecule has 0 bridgehead atoms. The first kappa shape index (κ1) is 14.8. The molecule has 2 N–H and O–H groups in total. The third kappa shape index (κ3) is 4.16. The Bertz CT molecular complexity index is 757. The molecular weight excluding hydrogens is 292 g/mol. The fourth-order valence-corrected chi connectivity index (χ4v) is 2.03. The molecule has 3 heterocycles. The third-order valence-corrected chi connectivity index (χ3v) is 3.20. The maximum atomic E-state index is 12.2. The summed E-state index contributed by atoms with van der Waals surface area (Å²) in [4.78, 5) is 20.4. The van der Waals surface area contributed by atoms with Gasteiger partial charge >= 0.3 is 0 Å². The molecule has 3 rings (SSSR count). The van der Waals surface area contributed by atoms with Gasteiger partial charge in [-0.15, -0.1) is 0 Å². The Labute approximate surface area is 133 Å². The second-order valence-electron chi connectivity index (χ2n) is 4.87. The molecule has 0 fully saturated rings. The molecule has 0 aromatic carbocycles. The second-order valence-corrected chi connectivity index (χ2v) is 4.87. The van der Waals surface area contributed by atoms with Gasteiger partial charge in [-0.05, 0) is 36.4 Å². The molecule has 0 spiro atoms. The molecule has 0 atom stereocenters. The maximum Gasteiger partial charge on any atom is 0.270 e. The Morgan fingerprint density at radius 1 is 1.04 bits per heavy atom. The van der Waals surface area contributed by atoms with Crippen LogP contribution in [-0.4, -0.2) is 15.9 Å². The first-order chi connectivity index (χ1) is 11.3. The van der Waals surface area contributed by atoms with Crippen LogP contribution in [0.15, 0.2) is 65.5 Å². The number of pyridine rings is 2. The van der Waals surface area contributed by atoms with Gasteiger partial charge in [0.1, 0.15) is 11.5 Å². The molecule has 6 nitrogen and oxygen atoms in total. The molecule has 0 saturated heterocycles. The minimum absolute atomic E-state index is 0.239. The summed E-state index contributed by atoms with van der Waals surface area (Å²) in [6.07, 6.45) is 4.92. The van der Waals surface area contributed by atoms with Crippen molar-refractivity contribution in [1.29, 1.82) is 0 Å². The zero-order chi connectivity index (χ0) is 15.9. The highest BCUT2D eigenvalue weighted by Gasteiger charge is 2.08. The van der Waals surface area contributed by atoms with Gasteiger partial charge in [-0.3, -0.25) is 14.8 Å². The topological polar surface area (TPSA) is 80.0 Å². The van der Waals surface area contributed by atoms with Gasteiger partial charge in [0.15, 0.2) is 0 Å². The Morgan fingerprint density at radius 3 is 2.78 bits per heavy atom. The Hall–Kier alpha value is -3.15. The van der Waals surface area contributed by atoms with Gasteiger partial charge in [0, 0.05) is 18.1 Å². The molecular formula is C17H16N4O2. The predicted octanol–water partition coefficient (Wildman–Crippen LogP) is 2.61. The highest BCUT2D eigenvalue weighted by molar-refractivity contribution is 5.93. The standard InChI is InChI=1S/C17H16N4O2/c22-17(21-11-14-4-1-2-7-18-14)16-10-13(6-8-19-16)20-12-15-5-3-9-23-15/h1-10H,11-12H2,(H,19,20)(H,21,22). The van der Waals surface area contributed by atoms with E-state index in [1.165, 1.54) is 0 Å². The number of furan rings is 1. The van der Waals surface area contributed by atoms with Crippen molar-refractivity contribution in [3.05, 3.63) is 78.3 Å². The van der Waals surface area contributed by atoms with Crippen molar-refractivity contribution in [3.63, 3.8) is 0 Å². The van der Waals surface area contributed by atoms with Crippen LogP contribution in [-0.2, 0) is 13.1 Å². The molecule has 0 saturated carbocycles. The SMILES string of the molecule is O=C(NCc1ccccn1)c1cc(NCc2ccco2)ccn1. The molecule has 6 heteroatoms. The monoisotopic (exact) mass is 308 g/mol. The zero-order valence-electron chi connectivity index (χ0n) is 12.4. The number of hydrogen-bond donors (Lipinski definition) is 2. The number of nitrogens with one attached hydrogen (secondary N) is 2. The quantitative estimate of drug-likeness (QED) is 0.731. The summed E-state index contributed by atoms with van der Waals surface area (Å²) in [5.41, 5.74) is 1.96. The molecule has 0 aliphatic heterocycles. The molecule has 3 aromatic rings. The average molecular weight is 308 g/mol. The van der Waals surface area contributed by atoms with Crippen molar-refractivity contribution in [1.82, 2.24) is 15.3 Å². The van der Waals surface area contributed by atoms with Crippen LogP contribution >= 0.6 is 0 Å². The largest absolute Gasteiger partial charge is 0.467 e. The molecule has 0 unspecified atom stereocenters. The van der Waals surface area contributed by atoms with E-state index in [0.29, 0.717) is 18.8 Å². The van der Waals surface area contributed by atoms with Gasteiger partial charge in [0.2, 0.25) is 0 Å². The first-order valence-electron chi connectivity index (χ1n) is 7.22. The first-order valence-corrected chi connectivity index (χ1v) is 7.22. The Kier molecular flexibility index (Phi) is 4.63. The highest BCUT2D eigenvalue weighted by atomic mass is 16.3. The number of aromatic nitrogens is 2. The van der Waals surface area contributed by atoms with Crippen LogP contribution in [0.1, 0.15) is 21.9 Å². The summed E-state index contributed by atoms with van der Waals surface area (Å²) >= 11 is 0. The van der Waals surface area contributed by atoms with Crippen LogP contribution in [0.5, 0.6) is 0 Å². The fraction of sp³-hybridized carbons (Fsp3) is 0.118. The molecule has 116 valence electrons. The minimum atomic E-state index is -0.239. The van der Waals surface area contributed by atoms with Gasteiger partial charge in [-0.1, -0.05) is 6.07 Å². The molecule has 23 heavy (non-hydrogen) atoms. The van der Waals surface area contributed by atoms with Gasteiger partial charge in [0.05, 0.1) is 25.0 Å². The van der Waals surface area contributed by atoms with Gasteiger partial charge < -0.3 is 15.1 Å². The van der Waals surface area contributed by atoms with Gasteiger partial charge in [-0.25, -0.2) is 0 Å². The lowest BCUT2D eigenvalue weighted by atomic mass is 10.3. The second kappa shape index (κ2) is 7.22. The van der Waals surface area contributed by atoms with Crippen molar-refractivity contribution in [2.45, 2.75) is 13.1 Å². The number of amides is 1. The predicted molar refractivity (Wildman–Crippen MR) is 85.7 cm³/mol. The lowest BCUT2D eigenvalue weighted by molar-refractivity contribution is 0.0945. The minimum Gasteiger partial charge on any atom is -0.467 e. The summed E-state index contributed by atoms with van der Waals surface area (Å²) in [5, 5.41) is 5.99. The fourth-order valence-electron chi connectivity index (χ4n) is 2.03. The van der Waals surface area contributed by atoms with E-state index in [1.54, 1.807) is 30.8 Å². The smallest absolute Gasteiger partial charge is 0.270 e. The van der Waals surface area contributed by atoms with E-state index in [9.17, 15) is 4.79 Å². The van der Waals surface area contributed by atoms with Gasteiger partial charge in [0.25, 0.3) is 5.91 Å². The Balaban J connectivity index is 1.58. The molecule has 0 aliphatic carbocycles. The van der Waals surface area contributed by atoms with Crippen LogP contribution < -0.4 is 10.6 Å². The Morgan fingerprint density at radius 2 is 2.00 bits per heavy atom. The summed E-state index contributed by atoms with van der Waals surface area (Å²) in [6, 6.07) is 12.8. The number of carbonyl (C=O) groups excluding carboxylic acids is 1. The molecule has 1 amide bonds. The number of hydrogen-bond acceptors (Lipinski definition) is 5. The number of rotatable bonds is 6. The summed E-state index contributed by atoms with van der Waals surface area (Å²) in [7, 11) is 0. The lowest BCUT2D eigenvalue weighted by Gasteiger charge is -2.07. The highest BCUT2D eigenvalue weighted by Crippen LogP contribution is 2.10. The molecule has 0 radical (unpaired) electrons. The number of carbonyl (C=O) groups is 1. The molecule has 3 aromatic heterocycles. The van der Waals surface area contributed by atoms with Crippen molar-refractivity contribution in [3.8, 4) is 0 Å². The molecule has 0 aliphatic rings. The normalized spacial score (nSPS) is 10.3.